The largest absolute Gasteiger partial charge is 0.491 e. The van der Waals surface area contributed by atoms with E-state index in [0.717, 1.165) is 0 Å². The van der Waals surface area contributed by atoms with E-state index in [1.165, 1.54) is 0 Å². The first-order valence-electron chi connectivity index (χ1n) is 5.71. The fraction of sp³-hybridized carbons (Fsp3) is 0.462. The second-order valence-electron chi connectivity index (χ2n) is 4.56. The Morgan fingerprint density at radius 3 is 2.61 bits per heavy atom. The highest BCUT2D eigenvalue weighted by molar-refractivity contribution is 6.67. The van der Waals surface area contributed by atoms with Gasteiger partial charge in [-0.05, 0) is 49.7 Å². The van der Waals surface area contributed by atoms with Crippen LogP contribution in [0.25, 0.3) is 0 Å². The number of ether oxygens (including phenoxy) is 3. The third-order valence-corrected chi connectivity index (χ3v) is 2.80. The molecule has 0 spiro atoms. The Morgan fingerprint density at radius 1 is 1.44 bits per heavy atom. The van der Waals surface area contributed by atoms with E-state index in [-0.39, 0.29) is 6.10 Å². The summed E-state index contributed by atoms with van der Waals surface area (Å²) in [6.45, 7) is 4.67. The molecule has 98 valence electrons. The molecule has 0 amide bonds. The number of carbonyl (C=O) groups excluding carboxylic acids is 1. The van der Waals surface area contributed by atoms with Crippen molar-refractivity contribution in [3.8, 4) is 5.75 Å². The lowest BCUT2D eigenvalue weighted by molar-refractivity contribution is -0.141. The van der Waals surface area contributed by atoms with Gasteiger partial charge in [0.05, 0.1) is 6.61 Å². The van der Waals surface area contributed by atoms with E-state index in [1.54, 1.807) is 24.3 Å². The van der Waals surface area contributed by atoms with Gasteiger partial charge in [0.2, 0.25) is 0 Å². The minimum Gasteiger partial charge on any atom is -0.491 e. The molecule has 1 saturated heterocycles. The smallest absolute Gasteiger partial charge is 0.252 e. The molecule has 0 N–H and O–H groups in total. The fourth-order valence-corrected chi connectivity index (χ4v) is 1.84. The van der Waals surface area contributed by atoms with E-state index >= 15 is 0 Å². The van der Waals surface area contributed by atoms with E-state index in [2.05, 4.69) is 0 Å². The molecule has 0 unspecified atom stereocenters. The molecule has 18 heavy (non-hydrogen) atoms. The zero-order valence-electron chi connectivity index (χ0n) is 10.3. The standard InChI is InChI=1S/C13H15ClO4/c1-13(2)17-8-11(18-13)7-16-10-5-3-9(4-6-10)12(14)15/h3-6,11H,7-8H2,1-2H3/t11-/m1/s1. The summed E-state index contributed by atoms with van der Waals surface area (Å²) >= 11 is 5.35. The molecular weight excluding hydrogens is 256 g/mol. The molecular formula is C13H15ClO4. The Morgan fingerprint density at radius 2 is 2.11 bits per heavy atom. The third-order valence-electron chi connectivity index (χ3n) is 2.58. The topological polar surface area (TPSA) is 44.8 Å². The van der Waals surface area contributed by atoms with Crippen molar-refractivity contribution in [3.63, 3.8) is 0 Å². The summed E-state index contributed by atoms with van der Waals surface area (Å²) in [7, 11) is 0. The van der Waals surface area contributed by atoms with Gasteiger partial charge in [-0.25, -0.2) is 0 Å². The third kappa shape index (κ3) is 3.45. The summed E-state index contributed by atoms with van der Waals surface area (Å²) in [5, 5.41) is -0.476. The zero-order valence-corrected chi connectivity index (χ0v) is 11.1. The van der Waals surface area contributed by atoms with Crippen LogP contribution in [0.2, 0.25) is 0 Å². The molecule has 1 aromatic rings. The number of benzene rings is 1. The monoisotopic (exact) mass is 270 g/mol. The number of hydrogen-bond acceptors (Lipinski definition) is 4. The first-order chi connectivity index (χ1) is 8.46. The molecule has 1 aromatic carbocycles. The van der Waals surface area contributed by atoms with Gasteiger partial charge in [-0.15, -0.1) is 0 Å². The molecule has 1 fully saturated rings. The molecule has 0 aromatic heterocycles. The van der Waals surface area contributed by atoms with Crippen LogP contribution in [0.5, 0.6) is 5.75 Å². The summed E-state index contributed by atoms with van der Waals surface area (Å²) in [5.74, 6) is 0.133. The molecule has 1 atom stereocenters. The van der Waals surface area contributed by atoms with Crippen molar-refractivity contribution in [3.05, 3.63) is 29.8 Å². The van der Waals surface area contributed by atoms with Crippen molar-refractivity contribution in [1.29, 1.82) is 0 Å². The minimum absolute atomic E-state index is 0.0747. The average Bonchev–Trinajstić information content (AvgIpc) is 2.67. The summed E-state index contributed by atoms with van der Waals surface area (Å²) < 4.78 is 16.6. The van der Waals surface area contributed by atoms with Crippen molar-refractivity contribution < 1.29 is 19.0 Å². The van der Waals surface area contributed by atoms with Crippen molar-refractivity contribution in [1.82, 2.24) is 0 Å². The summed E-state index contributed by atoms with van der Waals surface area (Å²) in [6, 6.07) is 6.66. The highest BCUT2D eigenvalue weighted by atomic mass is 35.5. The Bertz CT molecular complexity index is 427. The van der Waals surface area contributed by atoms with Crippen molar-refractivity contribution in [2.45, 2.75) is 25.7 Å². The predicted octanol–water partition coefficient (Wildman–Crippen LogP) is 2.60. The van der Waals surface area contributed by atoms with Crippen LogP contribution in [0.3, 0.4) is 0 Å². The van der Waals surface area contributed by atoms with Gasteiger partial charge in [0, 0.05) is 5.56 Å². The molecule has 5 heteroatoms. The van der Waals surface area contributed by atoms with Gasteiger partial charge in [-0.3, -0.25) is 4.79 Å². The van der Waals surface area contributed by atoms with Gasteiger partial charge in [-0.2, -0.15) is 0 Å². The maximum Gasteiger partial charge on any atom is 0.252 e. The Labute approximate surface area is 111 Å². The lowest BCUT2D eigenvalue weighted by Crippen LogP contribution is -2.25. The quantitative estimate of drug-likeness (QED) is 0.789. The second kappa shape index (κ2) is 5.26. The SMILES string of the molecule is CC1(C)OC[C@@H](COc2ccc(C(=O)Cl)cc2)O1. The van der Waals surface area contributed by atoms with Crippen LogP contribution in [0.4, 0.5) is 0 Å². The number of hydrogen-bond donors (Lipinski definition) is 0. The molecule has 0 bridgehead atoms. The second-order valence-corrected chi connectivity index (χ2v) is 4.90. The van der Waals surface area contributed by atoms with Gasteiger partial charge in [-0.1, -0.05) is 0 Å². The molecule has 1 aliphatic heterocycles. The molecule has 2 rings (SSSR count). The molecule has 4 nitrogen and oxygen atoms in total. The first kappa shape index (κ1) is 13.3. The first-order valence-corrected chi connectivity index (χ1v) is 6.08. The van der Waals surface area contributed by atoms with E-state index in [9.17, 15) is 4.79 Å². The Hall–Kier alpha value is -1.10. The van der Waals surface area contributed by atoms with E-state index in [4.69, 9.17) is 25.8 Å². The van der Waals surface area contributed by atoms with E-state index in [0.29, 0.717) is 24.5 Å². The lowest BCUT2D eigenvalue weighted by Gasteiger charge is -2.17. The van der Waals surface area contributed by atoms with Crippen molar-refractivity contribution in [2.75, 3.05) is 13.2 Å². The van der Waals surface area contributed by atoms with Crippen LogP contribution in [0, 0.1) is 0 Å². The van der Waals surface area contributed by atoms with E-state index < -0.39 is 11.0 Å². The van der Waals surface area contributed by atoms with Crippen LogP contribution >= 0.6 is 11.6 Å². The summed E-state index contributed by atoms with van der Waals surface area (Å²) in [4.78, 5) is 10.9. The number of rotatable bonds is 4. The van der Waals surface area contributed by atoms with Crippen LogP contribution < -0.4 is 4.74 Å². The molecule has 0 radical (unpaired) electrons. The van der Waals surface area contributed by atoms with Crippen LogP contribution in [-0.4, -0.2) is 30.3 Å². The van der Waals surface area contributed by atoms with Gasteiger partial charge < -0.3 is 14.2 Å². The average molecular weight is 271 g/mol. The van der Waals surface area contributed by atoms with E-state index in [1.807, 2.05) is 13.8 Å². The predicted molar refractivity (Wildman–Crippen MR) is 67.0 cm³/mol. The van der Waals surface area contributed by atoms with Gasteiger partial charge >= 0.3 is 0 Å². The summed E-state index contributed by atoms with van der Waals surface area (Å²) in [5.41, 5.74) is 0.450. The van der Waals surface area contributed by atoms with Gasteiger partial charge in [0.25, 0.3) is 5.24 Å². The number of carbonyl (C=O) groups is 1. The molecule has 1 heterocycles. The highest BCUT2D eigenvalue weighted by Crippen LogP contribution is 2.23. The van der Waals surface area contributed by atoms with Crippen LogP contribution in [0.15, 0.2) is 24.3 Å². The van der Waals surface area contributed by atoms with Crippen molar-refractivity contribution in [2.24, 2.45) is 0 Å². The number of halogens is 1. The molecule has 1 aliphatic rings. The normalized spacial score (nSPS) is 21.8. The molecule has 0 saturated carbocycles. The molecule has 0 aliphatic carbocycles. The zero-order chi connectivity index (χ0) is 13.2. The maximum atomic E-state index is 10.9. The Kier molecular flexibility index (Phi) is 3.90. The fourth-order valence-electron chi connectivity index (χ4n) is 1.72. The van der Waals surface area contributed by atoms with Crippen LogP contribution in [-0.2, 0) is 9.47 Å². The van der Waals surface area contributed by atoms with Gasteiger partial charge in [0.15, 0.2) is 5.79 Å². The Balaban J connectivity index is 1.85. The minimum atomic E-state index is -0.539. The van der Waals surface area contributed by atoms with Crippen molar-refractivity contribution >= 4 is 16.8 Å². The van der Waals surface area contributed by atoms with Gasteiger partial charge in [0.1, 0.15) is 18.5 Å². The summed E-state index contributed by atoms with van der Waals surface area (Å²) in [6.07, 6.45) is -0.0747. The highest BCUT2D eigenvalue weighted by Gasteiger charge is 2.32. The maximum absolute atomic E-state index is 10.9. The van der Waals surface area contributed by atoms with Crippen LogP contribution in [0.1, 0.15) is 24.2 Å². The lowest BCUT2D eigenvalue weighted by atomic mass is 10.2.